The number of anilines is 1. The first kappa shape index (κ1) is 18.0. The van der Waals surface area contributed by atoms with E-state index in [-0.39, 0.29) is 6.03 Å². The second-order valence-electron chi connectivity index (χ2n) is 7.57. The Bertz CT molecular complexity index is 1020. The Morgan fingerprint density at radius 3 is 2.89 bits per heavy atom. The fraction of sp³-hybridized carbons (Fsp3) is 0.421. The van der Waals surface area contributed by atoms with Gasteiger partial charge in [-0.2, -0.15) is 4.40 Å². The van der Waals surface area contributed by atoms with Gasteiger partial charge in [0.1, 0.15) is 12.1 Å². The van der Waals surface area contributed by atoms with Gasteiger partial charge in [0.05, 0.1) is 33.6 Å². The lowest BCUT2D eigenvalue weighted by atomic mass is 10.00. The largest absolute Gasteiger partial charge is 0.493 e. The van der Waals surface area contributed by atoms with Crippen LogP contribution in [0, 0.1) is 0 Å². The first-order valence-corrected chi connectivity index (χ1v) is 11.2. The number of aliphatic hydroxyl groups is 1. The van der Waals surface area contributed by atoms with Crippen LogP contribution < -0.4 is 9.64 Å². The van der Waals surface area contributed by atoms with Gasteiger partial charge in [0.15, 0.2) is 4.34 Å². The highest BCUT2D eigenvalue weighted by Gasteiger charge is 2.32. The third kappa shape index (κ3) is 2.89. The molecule has 2 aliphatic heterocycles. The Labute approximate surface area is 169 Å². The van der Waals surface area contributed by atoms with E-state index in [4.69, 9.17) is 4.74 Å². The van der Waals surface area contributed by atoms with Crippen molar-refractivity contribution in [2.75, 3.05) is 11.5 Å². The summed E-state index contributed by atoms with van der Waals surface area (Å²) >= 11 is 1.34. The summed E-state index contributed by atoms with van der Waals surface area (Å²) in [6.07, 6.45) is 7.08. The van der Waals surface area contributed by atoms with E-state index in [9.17, 15) is 9.90 Å². The lowest BCUT2D eigenvalue weighted by Crippen LogP contribution is -2.31. The second kappa shape index (κ2) is 6.47. The van der Waals surface area contributed by atoms with E-state index in [0.29, 0.717) is 10.9 Å². The molecule has 3 heterocycles. The third-order valence-electron chi connectivity index (χ3n) is 5.16. The van der Waals surface area contributed by atoms with Crippen LogP contribution in [0.4, 0.5) is 10.5 Å². The number of rotatable bonds is 3. The number of thiazole rings is 1. The Hall–Kier alpha value is -2.10. The highest BCUT2D eigenvalue weighted by molar-refractivity contribution is 7.88. The fourth-order valence-corrected chi connectivity index (χ4v) is 6.05. The smallest absolute Gasteiger partial charge is 0.361 e. The minimum absolute atomic E-state index is 0.326. The van der Waals surface area contributed by atoms with Gasteiger partial charge in [-0.25, -0.2) is 14.7 Å². The van der Waals surface area contributed by atoms with Crippen molar-refractivity contribution in [2.45, 2.75) is 49.5 Å². The summed E-state index contributed by atoms with van der Waals surface area (Å²) in [5.41, 5.74) is 3.51. The number of amides is 2. The average molecular weight is 417 g/mol. The topological polar surface area (TPSA) is 87.4 Å². The highest BCUT2D eigenvalue weighted by Crippen LogP contribution is 2.43. The van der Waals surface area contributed by atoms with Gasteiger partial charge in [-0.1, -0.05) is 0 Å². The van der Waals surface area contributed by atoms with Crippen LogP contribution in [-0.4, -0.2) is 29.1 Å². The number of carbonyl (C=O) groups is 1. The van der Waals surface area contributed by atoms with E-state index in [2.05, 4.69) is 19.8 Å². The average Bonchev–Trinajstić information content (AvgIpc) is 3.39. The van der Waals surface area contributed by atoms with Gasteiger partial charge in [-0.15, -0.1) is 15.7 Å². The quantitative estimate of drug-likeness (QED) is 0.829. The molecular weight excluding hydrogens is 396 g/mol. The molecule has 3 aliphatic rings. The molecule has 28 heavy (non-hydrogen) atoms. The summed E-state index contributed by atoms with van der Waals surface area (Å²) in [5.74, 6) is 0.885. The zero-order valence-corrected chi connectivity index (χ0v) is 17.3. The number of aryl methyl sites for hydroxylation is 1. The standard InChI is InChI=1S/C19H20N4O3S2/c1-19(2,25)15-9-20-18(27-15)28-21-10-23(17(24)22-28)16-12-5-3-4-11(12)8-14-13(16)6-7-26-14/h8-10,25H,3-7H2,1-2H3. The number of hydrogen-bond acceptors (Lipinski definition) is 6. The summed E-state index contributed by atoms with van der Waals surface area (Å²) in [4.78, 5) is 19.6. The summed E-state index contributed by atoms with van der Waals surface area (Å²) in [5, 5.41) is 10.1. The Morgan fingerprint density at radius 2 is 2.14 bits per heavy atom. The third-order valence-corrected chi connectivity index (χ3v) is 8.01. The van der Waals surface area contributed by atoms with Crippen molar-refractivity contribution < 1.29 is 14.6 Å². The van der Waals surface area contributed by atoms with E-state index >= 15 is 0 Å². The van der Waals surface area contributed by atoms with Gasteiger partial charge in [0.25, 0.3) is 0 Å². The zero-order valence-electron chi connectivity index (χ0n) is 15.6. The minimum Gasteiger partial charge on any atom is -0.493 e. The molecule has 146 valence electrons. The van der Waals surface area contributed by atoms with Crippen LogP contribution >= 0.6 is 11.3 Å². The van der Waals surface area contributed by atoms with Crippen molar-refractivity contribution in [3.63, 3.8) is 0 Å². The van der Waals surface area contributed by atoms with E-state index in [1.807, 2.05) is 0 Å². The lowest BCUT2D eigenvalue weighted by Gasteiger charge is -2.23. The van der Waals surface area contributed by atoms with Crippen LogP contribution in [0.2, 0.25) is 0 Å². The molecule has 0 fully saturated rings. The Kier molecular flexibility index (Phi) is 4.15. The Morgan fingerprint density at radius 1 is 1.29 bits per heavy atom. The van der Waals surface area contributed by atoms with Crippen molar-refractivity contribution in [1.82, 2.24) is 4.98 Å². The molecule has 1 N–H and O–H groups in total. The molecule has 0 spiro atoms. The van der Waals surface area contributed by atoms with Crippen molar-refractivity contribution >= 4 is 40.3 Å². The summed E-state index contributed by atoms with van der Waals surface area (Å²) in [6.45, 7) is 4.06. The molecule has 0 saturated carbocycles. The number of fused-ring (bicyclic) bond motifs is 2. The maximum atomic E-state index is 12.9. The number of urea groups is 1. The maximum Gasteiger partial charge on any atom is 0.361 e. The van der Waals surface area contributed by atoms with Crippen LogP contribution in [0.15, 0.2) is 25.4 Å². The van der Waals surface area contributed by atoms with Crippen LogP contribution in [0.1, 0.15) is 41.8 Å². The summed E-state index contributed by atoms with van der Waals surface area (Å²) in [7, 11) is -0.975. The van der Waals surface area contributed by atoms with Gasteiger partial charge < -0.3 is 9.84 Å². The molecule has 1 aromatic carbocycles. The number of nitrogens with zero attached hydrogens (tertiary/aromatic N) is 4. The second-order valence-corrected chi connectivity index (χ2v) is 10.2. The van der Waals surface area contributed by atoms with Gasteiger partial charge >= 0.3 is 6.03 Å². The maximum absolute atomic E-state index is 12.9. The van der Waals surface area contributed by atoms with Gasteiger partial charge in [-0.05, 0) is 50.3 Å². The first-order valence-electron chi connectivity index (χ1n) is 9.24. The molecule has 1 aromatic heterocycles. The molecule has 5 rings (SSSR count). The van der Waals surface area contributed by atoms with Crippen molar-refractivity contribution in [3.05, 3.63) is 33.8 Å². The molecular formula is C19H20N4O3S2. The van der Waals surface area contributed by atoms with Crippen molar-refractivity contribution in [1.29, 1.82) is 0 Å². The number of benzene rings is 1. The molecule has 0 radical (unpaired) electrons. The lowest BCUT2D eigenvalue weighted by molar-refractivity contribution is 0.0823. The zero-order chi connectivity index (χ0) is 19.5. The molecule has 1 unspecified atom stereocenters. The molecule has 2 aromatic rings. The SMILES string of the molecule is CC(C)(O)c1cnc(S2=NC(=O)N(c3c4c(cc5c3CCO5)CCC4)C=N2)s1. The minimum atomic E-state index is -0.975. The predicted octanol–water partition coefficient (Wildman–Crippen LogP) is 3.54. The number of aromatic nitrogens is 1. The molecule has 7 nitrogen and oxygen atoms in total. The highest BCUT2D eigenvalue weighted by atomic mass is 32.2. The number of carbonyl (C=O) groups excluding carboxylic acids is 1. The monoisotopic (exact) mass is 416 g/mol. The molecule has 9 heteroatoms. The Balaban J connectivity index is 1.51. The predicted molar refractivity (Wildman–Crippen MR) is 109 cm³/mol. The summed E-state index contributed by atoms with van der Waals surface area (Å²) < 4.78 is 15.2. The first-order chi connectivity index (χ1) is 13.4. The molecule has 0 saturated heterocycles. The van der Waals surface area contributed by atoms with E-state index in [1.54, 1.807) is 31.3 Å². The van der Waals surface area contributed by atoms with Gasteiger partial charge in [-0.3, -0.25) is 0 Å². The van der Waals surface area contributed by atoms with E-state index < -0.39 is 16.5 Å². The van der Waals surface area contributed by atoms with Crippen LogP contribution in [0.25, 0.3) is 0 Å². The molecule has 1 aliphatic carbocycles. The van der Waals surface area contributed by atoms with Gasteiger partial charge in [0, 0.05) is 18.2 Å². The fourth-order valence-electron chi connectivity index (χ4n) is 3.81. The van der Waals surface area contributed by atoms with Gasteiger partial charge in [0.2, 0.25) is 0 Å². The van der Waals surface area contributed by atoms with Crippen molar-refractivity contribution in [3.8, 4) is 5.75 Å². The molecule has 1 atom stereocenters. The molecule has 2 amide bonds. The number of hydrogen-bond donors (Lipinski definition) is 1. The van der Waals surface area contributed by atoms with Crippen LogP contribution in [0.3, 0.4) is 0 Å². The van der Waals surface area contributed by atoms with E-state index in [1.165, 1.54) is 22.5 Å². The van der Waals surface area contributed by atoms with Crippen LogP contribution in [-0.2, 0) is 35.7 Å². The number of ether oxygens (including phenoxy) is 1. The molecule has 0 bridgehead atoms. The van der Waals surface area contributed by atoms with Crippen molar-refractivity contribution in [2.24, 2.45) is 8.76 Å². The van der Waals surface area contributed by atoms with E-state index in [0.717, 1.165) is 47.6 Å². The van der Waals surface area contributed by atoms with Crippen LogP contribution in [0.5, 0.6) is 5.75 Å². The normalized spacial score (nSPS) is 20.8. The summed E-state index contributed by atoms with van der Waals surface area (Å²) in [6, 6.07) is 1.81.